The number of nitrogens with two attached hydrogens (primary N) is 1. The Labute approximate surface area is 84.9 Å². The number of nitrogens with one attached hydrogen (secondary N) is 1. The second-order valence-corrected chi connectivity index (χ2v) is 4.03. The Morgan fingerprint density at radius 1 is 1.64 bits per heavy atom. The van der Waals surface area contributed by atoms with Crippen molar-refractivity contribution in [1.82, 2.24) is 5.32 Å². The first-order valence-electron chi connectivity index (χ1n) is 5.39. The molecule has 0 aromatic heterocycles. The number of rotatable bonds is 5. The Morgan fingerprint density at radius 2 is 2.29 bits per heavy atom. The minimum Gasteiger partial charge on any atom is -0.382 e. The van der Waals surface area contributed by atoms with Gasteiger partial charge in [0.25, 0.3) is 5.91 Å². The minimum absolute atomic E-state index is 0.269. The van der Waals surface area contributed by atoms with Gasteiger partial charge in [-0.3, -0.25) is 4.79 Å². The van der Waals surface area contributed by atoms with Crippen molar-refractivity contribution in [2.24, 2.45) is 5.73 Å². The Balaban J connectivity index is 2.26. The Hall–Kier alpha value is -0.610. The summed E-state index contributed by atoms with van der Waals surface area (Å²) in [5.41, 5.74) is 5.65. The molecule has 1 rings (SSSR count). The molecule has 0 aromatic carbocycles. The van der Waals surface area contributed by atoms with Crippen LogP contribution in [0.4, 0.5) is 0 Å². The molecule has 2 atom stereocenters. The SMILES string of the molecule is CCCC(N)C(O)C(=O)NC1CCC1. The molecule has 1 aliphatic rings. The van der Waals surface area contributed by atoms with Gasteiger partial charge in [0.1, 0.15) is 6.10 Å². The highest BCUT2D eigenvalue weighted by Crippen LogP contribution is 2.18. The van der Waals surface area contributed by atoms with Gasteiger partial charge in [-0.1, -0.05) is 13.3 Å². The molecular weight excluding hydrogens is 180 g/mol. The third-order valence-electron chi connectivity index (χ3n) is 2.75. The summed E-state index contributed by atoms with van der Waals surface area (Å²) in [6, 6.07) is -0.161. The molecule has 14 heavy (non-hydrogen) atoms. The van der Waals surface area contributed by atoms with E-state index in [1.807, 2.05) is 6.92 Å². The molecule has 0 saturated heterocycles. The fourth-order valence-corrected chi connectivity index (χ4v) is 1.52. The third kappa shape index (κ3) is 2.96. The van der Waals surface area contributed by atoms with Gasteiger partial charge in [-0.05, 0) is 25.7 Å². The van der Waals surface area contributed by atoms with Crippen molar-refractivity contribution in [1.29, 1.82) is 0 Å². The van der Waals surface area contributed by atoms with Gasteiger partial charge in [0, 0.05) is 12.1 Å². The predicted octanol–water partition coefficient (Wildman–Crippen LogP) is 0.143. The summed E-state index contributed by atoms with van der Waals surface area (Å²) >= 11 is 0. The molecule has 0 aliphatic heterocycles. The van der Waals surface area contributed by atoms with E-state index in [2.05, 4.69) is 5.32 Å². The second-order valence-electron chi connectivity index (χ2n) is 4.03. The molecule has 0 radical (unpaired) electrons. The van der Waals surface area contributed by atoms with Gasteiger partial charge in [0.05, 0.1) is 0 Å². The van der Waals surface area contributed by atoms with Gasteiger partial charge < -0.3 is 16.2 Å². The summed E-state index contributed by atoms with van der Waals surface area (Å²) in [5, 5.41) is 12.3. The molecule has 0 bridgehead atoms. The average Bonchev–Trinajstić information content (AvgIpc) is 2.10. The lowest BCUT2D eigenvalue weighted by atomic mass is 9.92. The van der Waals surface area contributed by atoms with Crippen molar-refractivity contribution in [2.75, 3.05) is 0 Å². The predicted molar refractivity (Wildman–Crippen MR) is 54.7 cm³/mol. The number of aliphatic hydroxyl groups is 1. The first-order valence-corrected chi connectivity index (χ1v) is 5.39. The molecule has 4 nitrogen and oxygen atoms in total. The lowest BCUT2D eigenvalue weighted by molar-refractivity contribution is -0.131. The highest BCUT2D eigenvalue weighted by atomic mass is 16.3. The molecule has 4 N–H and O–H groups in total. The van der Waals surface area contributed by atoms with Crippen LogP contribution in [-0.2, 0) is 4.79 Å². The van der Waals surface area contributed by atoms with Crippen LogP contribution in [0.3, 0.4) is 0 Å². The maximum atomic E-state index is 11.4. The third-order valence-corrected chi connectivity index (χ3v) is 2.75. The summed E-state index contributed by atoms with van der Waals surface area (Å²) in [6.45, 7) is 1.98. The van der Waals surface area contributed by atoms with Crippen molar-refractivity contribution < 1.29 is 9.90 Å². The van der Waals surface area contributed by atoms with Crippen molar-refractivity contribution in [2.45, 2.75) is 57.2 Å². The molecule has 82 valence electrons. The van der Waals surface area contributed by atoms with E-state index in [9.17, 15) is 9.90 Å². The number of carbonyl (C=O) groups excluding carboxylic acids is 1. The highest BCUT2D eigenvalue weighted by Gasteiger charge is 2.26. The second kappa shape index (κ2) is 5.32. The summed E-state index contributed by atoms with van der Waals surface area (Å²) in [5.74, 6) is -0.310. The molecule has 2 unspecified atom stereocenters. The van der Waals surface area contributed by atoms with Crippen LogP contribution in [0.1, 0.15) is 39.0 Å². The fourth-order valence-electron chi connectivity index (χ4n) is 1.52. The average molecular weight is 200 g/mol. The Kier molecular flexibility index (Phi) is 4.35. The van der Waals surface area contributed by atoms with Crippen LogP contribution in [0, 0.1) is 0 Å². The van der Waals surface area contributed by atoms with E-state index in [-0.39, 0.29) is 11.9 Å². The number of hydrogen-bond donors (Lipinski definition) is 3. The van der Waals surface area contributed by atoms with Crippen LogP contribution >= 0.6 is 0 Å². The largest absolute Gasteiger partial charge is 0.382 e. The molecule has 4 heteroatoms. The number of hydrogen-bond acceptors (Lipinski definition) is 3. The summed E-state index contributed by atoms with van der Waals surface area (Å²) in [7, 11) is 0. The maximum Gasteiger partial charge on any atom is 0.250 e. The van der Waals surface area contributed by atoms with E-state index in [0.717, 1.165) is 19.3 Å². The van der Waals surface area contributed by atoms with Gasteiger partial charge in [-0.25, -0.2) is 0 Å². The summed E-state index contributed by atoms with van der Waals surface area (Å²) in [6.07, 6.45) is 3.75. The quantitative estimate of drug-likeness (QED) is 0.591. The van der Waals surface area contributed by atoms with Gasteiger partial charge in [0.2, 0.25) is 0 Å². The molecule has 1 saturated carbocycles. The van der Waals surface area contributed by atoms with Crippen LogP contribution in [0.25, 0.3) is 0 Å². The van der Waals surface area contributed by atoms with E-state index in [0.29, 0.717) is 6.42 Å². The minimum atomic E-state index is -1.05. The maximum absolute atomic E-state index is 11.4. The zero-order valence-corrected chi connectivity index (χ0v) is 8.70. The number of carbonyl (C=O) groups is 1. The van der Waals surface area contributed by atoms with Gasteiger partial charge in [0.15, 0.2) is 0 Å². The molecule has 0 spiro atoms. The van der Waals surface area contributed by atoms with Crippen LogP contribution in [-0.4, -0.2) is 29.2 Å². The van der Waals surface area contributed by atoms with E-state index in [1.165, 1.54) is 6.42 Å². The van der Waals surface area contributed by atoms with Gasteiger partial charge in [-0.15, -0.1) is 0 Å². The van der Waals surface area contributed by atoms with Crippen LogP contribution in [0.2, 0.25) is 0 Å². The first-order chi connectivity index (χ1) is 6.65. The smallest absolute Gasteiger partial charge is 0.250 e. The number of amides is 1. The fraction of sp³-hybridized carbons (Fsp3) is 0.900. The van der Waals surface area contributed by atoms with E-state index in [1.54, 1.807) is 0 Å². The summed E-state index contributed by atoms with van der Waals surface area (Å²) in [4.78, 5) is 11.4. The molecule has 0 aromatic rings. The standard InChI is InChI=1S/C10H20N2O2/c1-2-4-8(11)9(13)10(14)12-7-5-3-6-7/h7-9,13H,2-6,11H2,1H3,(H,12,14). The summed E-state index contributed by atoms with van der Waals surface area (Å²) < 4.78 is 0. The molecule has 0 heterocycles. The molecule has 1 amide bonds. The van der Waals surface area contributed by atoms with Crippen LogP contribution < -0.4 is 11.1 Å². The molecular formula is C10H20N2O2. The topological polar surface area (TPSA) is 75.3 Å². The van der Waals surface area contributed by atoms with Crippen LogP contribution in [0.5, 0.6) is 0 Å². The molecule has 1 fully saturated rings. The lowest BCUT2D eigenvalue weighted by Crippen LogP contribution is -2.50. The Bertz CT molecular complexity index is 193. The monoisotopic (exact) mass is 200 g/mol. The van der Waals surface area contributed by atoms with E-state index in [4.69, 9.17) is 5.73 Å². The van der Waals surface area contributed by atoms with Crippen molar-refractivity contribution in [3.63, 3.8) is 0 Å². The number of aliphatic hydroxyl groups excluding tert-OH is 1. The van der Waals surface area contributed by atoms with Crippen LogP contribution in [0.15, 0.2) is 0 Å². The zero-order chi connectivity index (χ0) is 10.6. The van der Waals surface area contributed by atoms with E-state index < -0.39 is 12.1 Å². The zero-order valence-electron chi connectivity index (χ0n) is 8.70. The highest BCUT2D eigenvalue weighted by molar-refractivity contribution is 5.81. The van der Waals surface area contributed by atoms with E-state index >= 15 is 0 Å². The Morgan fingerprint density at radius 3 is 2.71 bits per heavy atom. The first kappa shape index (κ1) is 11.5. The van der Waals surface area contributed by atoms with Crippen molar-refractivity contribution >= 4 is 5.91 Å². The molecule has 1 aliphatic carbocycles. The lowest BCUT2D eigenvalue weighted by Gasteiger charge is -2.28. The van der Waals surface area contributed by atoms with Gasteiger partial charge in [-0.2, -0.15) is 0 Å². The van der Waals surface area contributed by atoms with Crippen molar-refractivity contribution in [3.05, 3.63) is 0 Å². The van der Waals surface area contributed by atoms with Gasteiger partial charge >= 0.3 is 0 Å². The normalized spacial score (nSPS) is 21.1. The van der Waals surface area contributed by atoms with Crippen molar-refractivity contribution in [3.8, 4) is 0 Å².